The van der Waals surface area contributed by atoms with Gasteiger partial charge in [0, 0.05) is 0 Å². The first-order valence-electron chi connectivity index (χ1n) is 1.11. The molecule has 0 aromatic carbocycles. The Morgan fingerprint density at radius 1 is 1.50 bits per heavy atom. The van der Waals surface area contributed by atoms with Crippen molar-refractivity contribution >= 4 is 30.8 Å². The van der Waals surface area contributed by atoms with Crippen LogP contribution in [0, 0.1) is 0 Å². The van der Waals surface area contributed by atoms with Crippen molar-refractivity contribution in [2.45, 2.75) is 14.4 Å². The van der Waals surface area contributed by atoms with E-state index in [0.29, 0.717) is 0 Å². The normalized spacial score (nSPS) is 4.00. The molecule has 0 unspecified atom stereocenters. The molecular formula is C3H9Cl2O2Ti. The zero-order valence-electron chi connectivity index (χ0n) is 3.63. The molecule has 0 radical (unpaired) electrons. The second-order valence-corrected chi connectivity index (χ2v) is 0.912. The van der Waals surface area contributed by atoms with Crippen molar-refractivity contribution in [3.8, 4) is 0 Å². The predicted molar refractivity (Wildman–Crippen MR) is 33.0 cm³/mol. The fraction of sp³-hybridized carbons (Fsp3) is 0.667. The number of hydrogen-bond acceptors (Lipinski definition) is 2. The van der Waals surface area contributed by atoms with Crippen LogP contribution in [0.3, 0.4) is 0 Å². The second-order valence-electron chi connectivity index (χ2n) is 0.594. The van der Waals surface area contributed by atoms with Crippen LogP contribution < -0.4 is 0 Å². The van der Waals surface area contributed by atoms with E-state index in [-0.39, 0.29) is 38.2 Å². The summed E-state index contributed by atoms with van der Waals surface area (Å²) in [6.45, 7) is 1.36. The van der Waals surface area contributed by atoms with E-state index in [1.807, 2.05) is 0 Å². The van der Waals surface area contributed by atoms with Gasteiger partial charge in [-0.05, 0) is 0 Å². The Morgan fingerprint density at radius 3 is 1.62 bits per heavy atom. The van der Waals surface area contributed by atoms with Gasteiger partial charge in [-0.15, -0.1) is 24.8 Å². The molecule has 0 aromatic heterocycles. The van der Waals surface area contributed by atoms with Gasteiger partial charge in [0.2, 0.25) is 0 Å². The van der Waals surface area contributed by atoms with E-state index in [2.05, 4.69) is 3.32 Å². The number of halogens is 2. The molecule has 0 atom stereocenters. The van der Waals surface area contributed by atoms with Crippen LogP contribution in [0.4, 0.5) is 0 Å². The molecule has 51 valence electrons. The maximum Gasteiger partial charge on any atom is -0.147 e. The first kappa shape index (κ1) is 23.3. The number of carbonyl (C=O) groups is 1. The molecule has 0 fully saturated rings. The van der Waals surface area contributed by atoms with Gasteiger partial charge in [0.25, 0.3) is 0 Å². The summed E-state index contributed by atoms with van der Waals surface area (Å²) in [6.07, 6.45) is 0. The minimum Gasteiger partial charge on any atom is -0.147 e. The van der Waals surface area contributed by atoms with Crippen LogP contribution in [0.2, 0.25) is 0 Å². The Morgan fingerprint density at radius 2 is 1.62 bits per heavy atom. The summed E-state index contributed by atoms with van der Waals surface area (Å²) in [7, 11) is 0. The van der Waals surface area contributed by atoms with Gasteiger partial charge in [0.1, 0.15) is 0 Å². The summed E-state index contributed by atoms with van der Waals surface area (Å²) >= 11 is 1.35. The fourth-order valence-electron chi connectivity index (χ4n) is 0. The summed E-state index contributed by atoms with van der Waals surface area (Å²) in [5.74, 6) is -0.245. The monoisotopic (exact) mass is 195 g/mol. The molecule has 0 saturated heterocycles. The summed E-state index contributed by atoms with van der Waals surface area (Å²) in [5.41, 5.74) is 0. The van der Waals surface area contributed by atoms with E-state index < -0.39 is 0 Å². The van der Waals surface area contributed by atoms with Gasteiger partial charge in [0.15, 0.2) is 0 Å². The molecule has 0 heterocycles. The van der Waals surface area contributed by atoms with E-state index in [1.54, 1.807) is 0 Å². The average Bonchev–Trinajstić information content (AvgIpc) is 1.38. The minimum absolute atomic E-state index is 0. The van der Waals surface area contributed by atoms with Crippen molar-refractivity contribution in [1.82, 2.24) is 0 Å². The van der Waals surface area contributed by atoms with Gasteiger partial charge in [-0.25, -0.2) is 0 Å². The molecule has 0 aliphatic carbocycles. The number of hydrogen-bond donors (Lipinski definition) is 0. The van der Waals surface area contributed by atoms with Crippen LogP contribution in [-0.2, 0) is 28.9 Å². The van der Waals surface area contributed by atoms with Crippen molar-refractivity contribution in [3.63, 3.8) is 0 Å². The summed E-state index contributed by atoms with van der Waals surface area (Å²) < 4.78 is 4.11. The zero-order valence-corrected chi connectivity index (χ0v) is 6.83. The third-order valence-corrected chi connectivity index (χ3v) is 0.593. The molecule has 0 aromatic rings. The molecule has 0 N–H and O–H groups in total. The molecule has 0 rings (SSSR count). The zero-order chi connectivity index (χ0) is 4.28. The maximum atomic E-state index is 9.59. The number of rotatable bonds is 0. The Balaban J connectivity index is -0.0000000267. The van der Waals surface area contributed by atoms with Crippen molar-refractivity contribution < 1.29 is 28.9 Å². The summed E-state index contributed by atoms with van der Waals surface area (Å²) in [6, 6.07) is 0. The smallest absolute Gasteiger partial charge is 0.147 e. The van der Waals surface area contributed by atoms with Crippen molar-refractivity contribution in [2.24, 2.45) is 0 Å². The SMILES string of the molecule is C.CC(=O)[O][Ti].Cl.Cl. The molecule has 2 nitrogen and oxygen atoms in total. The van der Waals surface area contributed by atoms with Crippen molar-refractivity contribution in [1.29, 1.82) is 0 Å². The van der Waals surface area contributed by atoms with Crippen LogP contribution >= 0.6 is 24.8 Å². The molecule has 5 heteroatoms. The van der Waals surface area contributed by atoms with Crippen LogP contribution in [0.5, 0.6) is 0 Å². The summed E-state index contributed by atoms with van der Waals surface area (Å²) in [4.78, 5) is 9.59. The molecule has 8 heavy (non-hydrogen) atoms. The van der Waals surface area contributed by atoms with E-state index >= 15 is 0 Å². The topological polar surface area (TPSA) is 26.3 Å². The van der Waals surface area contributed by atoms with Crippen LogP contribution in [0.1, 0.15) is 14.4 Å². The summed E-state index contributed by atoms with van der Waals surface area (Å²) in [5, 5.41) is 0. The number of carbonyl (C=O) groups excluding carboxylic acids is 1. The molecule has 0 spiro atoms. The fourth-order valence-corrected chi connectivity index (χ4v) is 0. The Bertz CT molecular complexity index is 50.5. The van der Waals surface area contributed by atoms with Crippen molar-refractivity contribution in [2.75, 3.05) is 0 Å². The molecule has 0 aliphatic rings. The van der Waals surface area contributed by atoms with Crippen LogP contribution in [0.15, 0.2) is 0 Å². The van der Waals surface area contributed by atoms with E-state index in [4.69, 9.17) is 0 Å². The quantitative estimate of drug-likeness (QED) is 0.548. The largest absolute Gasteiger partial charge is 0.147 e. The predicted octanol–water partition coefficient (Wildman–Crippen LogP) is 1.49. The van der Waals surface area contributed by atoms with Gasteiger partial charge in [-0.2, -0.15) is 0 Å². The Kier molecular flexibility index (Phi) is 45.5. The average molecular weight is 196 g/mol. The molecular weight excluding hydrogens is 187 g/mol. The standard InChI is InChI=1S/C2H4O2.CH4.2ClH.Ti/c1-2(3)4;;;;/h1H3,(H,3,4);1H4;2*1H;/q;;;;+1/p-1. The van der Waals surface area contributed by atoms with E-state index in [0.717, 1.165) is 0 Å². The Hall–Kier alpha value is 0.764. The Labute approximate surface area is 74.1 Å². The minimum atomic E-state index is -0.245. The molecule has 0 amide bonds. The molecule has 0 aliphatic heterocycles. The molecule has 0 saturated carbocycles. The maximum absolute atomic E-state index is 9.59. The van der Waals surface area contributed by atoms with Gasteiger partial charge in [-0.1, -0.05) is 7.43 Å². The van der Waals surface area contributed by atoms with Gasteiger partial charge >= 0.3 is 41.8 Å². The first-order chi connectivity index (χ1) is 2.27. The third kappa shape index (κ3) is 29.4. The first-order valence-corrected chi connectivity index (χ1v) is 1.75. The van der Waals surface area contributed by atoms with Crippen molar-refractivity contribution in [3.05, 3.63) is 0 Å². The van der Waals surface area contributed by atoms with Crippen LogP contribution in [-0.4, -0.2) is 5.97 Å². The van der Waals surface area contributed by atoms with E-state index in [1.165, 1.54) is 27.7 Å². The van der Waals surface area contributed by atoms with Gasteiger partial charge in [-0.3, -0.25) is 0 Å². The molecule has 0 bridgehead atoms. The van der Waals surface area contributed by atoms with Gasteiger partial charge < -0.3 is 0 Å². The van der Waals surface area contributed by atoms with Crippen LogP contribution in [0.25, 0.3) is 0 Å². The third-order valence-electron chi connectivity index (χ3n) is 0.144. The van der Waals surface area contributed by atoms with E-state index in [9.17, 15) is 4.79 Å². The second kappa shape index (κ2) is 15.7. The van der Waals surface area contributed by atoms with Gasteiger partial charge in [0.05, 0.1) is 0 Å².